The van der Waals surface area contributed by atoms with Crippen LogP contribution in [0.2, 0.25) is 0 Å². The molecule has 3 aromatic carbocycles. The smallest absolute Gasteiger partial charge is 0.166 e. The second kappa shape index (κ2) is 12.0. The predicted octanol–water partition coefficient (Wildman–Crippen LogP) is 4.90. The summed E-state index contributed by atoms with van der Waals surface area (Å²) in [5.41, 5.74) is 1.06. The summed E-state index contributed by atoms with van der Waals surface area (Å²) < 4.78 is 42.7. The molecule has 0 radical (unpaired) electrons. The van der Waals surface area contributed by atoms with Gasteiger partial charge in [0.1, 0.15) is 28.8 Å². The molecular formula is C34H40O8. The molecule has 0 spiro atoms. The van der Waals surface area contributed by atoms with Gasteiger partial charge in [-0.1, -0.05) is 54.6 Å². The maximum absolute atomic E-state index is 11.4. The lowest BCUT2D eigenvalue weighted by Gasteiger charge is -2.43. The summed E-state index contributed by atoms with van der Waals surface area (Å²) in [4.78, 5) is 0. The normalized spacial score (nSPS) is 29.9. The van der Waals surface area contributed by atoms with Crippen LogP contribution in [0.5, 0.6) is 11.5 Å². The summed E-state index contributed by atoms with van der Waals surface area (Å²) in [6.07, 6.45) is -1.48. The molecule has 2 unspecified atom stereocenters. The fourth-order valence-corrected chi connectivity index (χ4v) is 6.97. The van der Waals surface area contributed by atoms with Crippen molar-refractivity contribution in [2.24, 2.45) is 11.8 Å². The van der Waals surface area contributed by atoms with Crippen molar-refractivity contribution in [1.29, 1.82) is 0 Å². The van der Waals surface area contributed by atoms with Gasteiger partial charge in [0.05, 0.1) is 26.9 Å². The molecule has 2 aliphatic heterocycles. The molecule has 2 heterocycles. The van der Waals surface area contributed by atoms with Gasteiger partial charge in [-0.25, -0.2) is 0 Å². The molecule has 7 atom stereocenters. The topological polar surface area (TPSA) is 88.1 Å². The van der Waals surface area contributed by atoms with Crippen molar-refractivity contribution in [2.45, 2.75) is 56.3 Å². The van der Waals surface area contributed by atoms with E-state index in [-0.39, 0.29) is 24.5 Å². The summed E-state index contributed by atoms with van der Waals surface area (Å²) in [5, 5.41) is 11.4. The van der Waals surface area contributed by atoms with Gasteiger partial charge in [-0.3, -0.25) is 0 Å². The number of aliphatic hydroxyl groups excluding tert-OH is 1. The molecule has 0 amide bonds. The highest BCUT2D eigenvalue weighted by atomic mass is 16.8. The number of benzene rings is 3. The van der Waals surface area contributed by atoms with Crippen molar-refractivity contribution in [3.8, 4) is 11.5 Å². The third kappa shape index (κ3) is 4.90. The minimum Gasteiger partial charge on any atom is -0.497 e. The number of hydrogen-bond acceptors (Lipinski definition) is 8. The Balaban J connectivity index is 1.42. The molecule has 0 aromatic heterocycles. The van der Waals surface area contributed by atoms with Crippen molar-refractivity contribution in [2.75, 3.05) is 34.0 Å². The van der Waals surface area contributed by atoms with Crippen LogP contribution < -0.4 is 9.47 Å². The van der Waals surface area contributed by atoms with Gasteiger partial charge in [-0.15, -0.1) is 0 Å². The van der Waals surface area contributed by atoms with E-state index in [0.29, 0.717) is 19.6 Å². The molecule has 1 aliphatic carbocycles. The summed E-state index contributed by atoms with van der Waals surface area (Å²) in [6.45, 7) is 5.09. The Bertz CT molecular complexity index is 1270. The van der Waals surface area contributed by atoms with Crippen molar-refractivity contribution >= 4 is 0 Å². The van der Waals surface area contributed by atoms with Gasteiger partial charge in [-0.2, -0.15) is 0 Å². The largest absolute Gasteiger partial charge is 0.497 e. The SMILES string of the molecule is CCOC1C[C@H]2[C@H](O)[C@@H]3O[C@]3(COC(c3ccccc3)(c3ccc(OC)cc3)c3ccc(OC)cc3)[C@H]2C(OCC)O1. The molecule has 224 valence electrons. The Labute approximate surface area is 247 Å². The Morgan fingerprint density at radius 3 is 1.93 bits per heavy atom. The van der Waals surface area contributed by atoms with Gasteiger partial charge in [-0.05, 0) is 54.8 Å². The van der Waals surface area contributed by atoms with E-state index in [2.05, 4.69) is 12.1 Å². The quantitative estimate of drug-likeness (QED) is 0.241. The zero-order chi connectivity index (χ0) is 29.3. The summed E-state index contributed by atoms with van der Waals surface area (Å²) >= 11 is 0. The van der Waals surface area contributed by atoms with Gasteiger partial charge >= 0.3 is 0 Å². The zero-order valence-electron chi connectivity index (χ0n) is 24.6. The highest BCUT2D eigenvalue weighted by molar-refractivity contribution is 5.50. The molecule has 8 heteroatoms. The van der Waals surface area contributed by atoms with Gasteiger partial charge in [0.15, 0.2) is 12.6 Å². The minimum atomic E-state index is -1.00. The average Bonchev–Trinajstić information content (AvgIpc) is 3.71. The number of rotatable bonds is 12. The third-order valence-corrected chi connectivity index (χ3v) is 8.96. The molecule has 42 heavy (non-hydrogen) atoms. The van der Waals surface area contributed by atoms with Gasteiger partial charge in [0.2, 0.25) is 0 Å². The molecule has 3 aromatic rings. The summed E-state index contributed by atoms with van der Waals surface area (Å²) in [6, 6.07) is 26.1. The first-order valence-electron chi connectivity index (χ1n) is 14.7. The first-order valence-corrected chi connectivity index (χ1v) is 14.7. The average molecular weight is 577 g/mol. The van der Waals surface area contributed by atoms with Crippen molar-refractivity contribution in [1.82, 2.24) is 0 Å². The van der Waals surface area contributed by atoms with Crippen LogP contribution in [0.15, 0.2) is 78.9 Å². The van der Waals surface area contributed by atoms with Crippen LogP contribution in [0.4, 0.5) is 0 Å². The minimum absolute atomic E-state index is 0.0951. The second-order valence-electron chi connectivity index (χ2n) is 11.0. The lowest BCUT2D eigenvalue weighted by Crippen LogP contribution is -2.51. The van der Waals surface area contributed by atoms with Crippen LogP contribution in [-0.4, -0.2) is 69.5 Å². The third-order valence-electron chi connectivity index (χ3n) is 8.96. The van der Waals surface area contributed by atoms with Crippen LogP contribution in [0.1, 0.15) is 37.0 Å². The Morgan fingerprint density at radius 1 is 0.810 bits per heavy atom. The van der Waals surface area contributed by atoms with Crippen molar-refractivity contribution in [3.05, 3.63) is 95.6 Å². The molecule has 1 saturated carbocycles. The van der Waals surface area contributed by atoms with Crippen LogP contribution in [0.3, 0.4) is 0 Å². The molecule has 1 N–H and O–H groups in total. The predicted molar refractivity (Wildman–Crippen MR) is 155 cm³/mol. The van der Waals surface area contributed by atoms with E-state index in [1.807, 2.05) is 80.6 Å². The summed E-state index contributed by atoms with van der Waals surface area (Å²) in [5.74, 6) is 1.20. The van der Waals surface area contributed by atoms with E-state index in [1.165, 1.54) is 0 Å². The standard InChI is InChI=1S/C34H40O8/c1-5-38-28-20-27-29(32(41-28)39-6-2)33(31(42-33)30(27)35)21-40-34(22-10-8-7-9-11-22,23-12-16-25(36-3)17-13-23)24-14-18-26(37-4)19-15-24/h7-19,27-32,35H,5-6,20-21H2,1-4H3/t27-,28?,29-,30+,31+,32?,33-/m1/s1. The molecule has 8 nitrogen and oxygen atoms in total. The van der Waals surface area contributed by atoms with E-state index >= 15 is 0 Å². The van der Waals surface area contributed by atoms with E-state index < -0.39 is 29.9 Å². The second-order valence-corrected chi connectivity index (χ2v) is 11.0. The highest BCUT2D eigenvalue weighted by Gasteiger charge is 2.77. The van der Waals surface area contributed by atoms with E-state index in [1.54, 1.807) is 14.2 Å². The monoisotopic (exact) mass is 576 g/mol. The van der Waals surface area contributed by atoms with Crippen LogP contribution in [0, 0.1) is 11.8 Å². The van der Waals surface area contributed by atoms with Gasteiger partial charge in [0.25, 0.3) is 0 Å². The Kier molecular flexibility index (Phi) is 8.29. The fraction of sp³-hybridized carbons (Fsp3) is 0.471. The van der Waals surface area contributed by atoms with Crippen molar-refractivity contribution in [3.63, 3.8) is 0 Å². The highest BCUT2D eigenvalue weighted by Crippen LogP contribution is 2.62. The number of ether oxygens (including phenoxy) is 7. The van der Waals surface area contributed by atoms with Crippen molar-refractivity contribution < 1.29 is 38.3 Å². The summed E-state index contributed by atoms with van der Waals surface area (Å²) in [7, 11) is 3.31. The van der Waals surface area contributed by atoms with E-state index in [0.717, 1.165) is 28.2 Å². The van der Waals surface area contributed by atoms with Crippen LogP contribution in [-0.2, 0) is 29.3 Å². The first kappa shape index (κ1) is 29.1. The van der Waals surface area contributed by atoms with Gasteiger partial charge in [0, 0.05) is 31.5 Å². The van der Waals surface area contributed by atoms with Crippen LogP contribution >= 0.6 is 0 Å². The number of aliphatic hydroxyl groups is 1. The fourth-order valence-electron chi connectivity index (χ4n) is 6.97. The molecule has 0 bridgehead atoms. The maximum atomic E-state index is 11.4. The molecule has 3 aliphatic rings. The maximum Gasteiger partial charge on any atom is 0.166 e. The molecule has 6 rings (SSSR count). The lowest BCUT2D eigenvalue weighted by atomic mass is 9.79. The zero-order valence-corrected chi connectivity index (χ0v) is 24.6. The molecule has 2 saturated heterocycles. The number of epoxide rings is 1. The first-order chi connectivity index (χ1) is 20.5. The van der Waals surface area contributed by atoms with Crippen LogP contribution in [0.25, 0.3) is 0 Å². The van der Waals surface area contributed by atoms with E-state index in [9.17, 15) is 5.11 Å². The lowest BCUT2D eigenvalue weighted by molar-refractivity contribution is -0.311. The number of fused-ring (bicyclic) bond motifs is 3. The van der Waals surface area contributed by atoms with E-state index in [4.69, 9.17) is 33.2 Å². The Morgan fingerprint density at radius 2 is 1.38 bits per heavy atom. The Hall–Kier alpha value is -2.98. The molecular weight excluding hydrogens is 536 g/mol. The molecule has 3 fully saturated rings. The number of methoxy groups -OCH3 is 2. The van der Waals surface area contributed by atoms with Gasteiger partial charge < -0.3 is 38.3 Å². The number of hydrogen-bond donors (Lipinski definition) is 1.